The van der Waals surface area contributed by atoms with E-state index in [4.69, 9.17) is 0 Å². The number of thiazole rings is 2. The van der Waals surface area contributed by atoms with Crippen molar-refractivity contribution in [1.29, 1.82) is 0 Å². The maximum Gasteiger partial charge on any atom is 0.193 e. The summed E-state index contributed by atoms with van der Waals surface area (Å²) >= 11 is 3.42. The zero-order valence-electron chi connectivity index (χ0n) is 13.7. The monoisotopic (exact) mass is 476 g/mol. The summed E-state index contributed by atoms with van der Waals surface area (Å²) in [5.74, 6) is 0.786. The molecule has 3 aromatic rings. The number of halogens is 1. The lowest BCUT2D eigenvalue weighted by Crippen LogP contribution is -2.37. The van der Waals surface area contributed by atoms with Gasteiger partial charge < -0.3 is 10.6 Å². The summed E-state index contributed by atoms with van der Waals surface area (Å²) < 4.78 is 2.03. The number of aliphatic imine (C=N–C) groups is 1. The van der Waals surface area contributed by atoms with Crippen LogP contribution in [0.1, 0.15) is 22.5 Å². The zero-order chi connectivity index (χ0) is 16.1. The van der Waals surface area contributed by atoms with Crippen molar-refractivity contribution in [3.05, 3.63) is 39.5 Å². The number of guanidine groups is 1. The third-order valence-corrected chi connectivity index (χ3v) is 5.36. The SMILES string of the molecule is CCc1cnc(CCNC(=NC)NCc2cn3ccsc3n2)s1.I. The highest BCUT2D eigenvalue weighted by molar-refractivity contribution is 14.0. The molecule has 0 saturated heterocycles. The highest BCUT2D eigenvalue weighted by Crippen LogP contribution is 2.13. The van der Waals surface area contributed by atoms with E-state index in [0.29, 0.717) is 6.54 Å². The standard InChI is InChI=1S/C15H20N6S2.HI/c1-3-12-9-18-13(23-12)4-5-17-14(16-2)19-8-11-10-21-6-7-22-15(21)20-11;/h6-7,9-10H,3-5,8H2,1-2H3,(H2,16,17,19);1H. The summed E-state index contributed by atoms with van der Waals surface area (Å²) in [6.07, 6.45) is 7.98. The van der Waals surface area contributed by atoms with Gasteiger partial charge in [-0.3, -0.25) is 9.39 Å². The van der Waals surface area contributed by atoms with Crippen LogP contribution in [0.2, 0.25) is 0 Å². The molecule has 3 heterocycles. The molecule has 0 aliphatic heterocycles. The van der Waals surface area contributed by atoms with Crippen LogP contribution in [0.5, 0.6) is 0 Å². The van der Waals surface area contributed by atoms with Crippen molar-refractivity contribution in [3.63, 3.8) is 0 Å². The van der Waals surface area contributed by atoms with Crippen LogP contribution < -0.4 is 10.6 Å². The molecule has 0 atom stereocenters. The number of fused-ring (bicyclic) bond motifs is 1. The molecule has 0 fully saturated rings. The first-order valence-corrected chi connectivity index (χ1v) is 9.27. The van der Waals surface area contributed by atoms with Gasteiger partial charge in [0.1, 0.15) is 0 Å². The van der Waals surface area contributed by atoms with Gasteiger partial charge in [0.2, 0.25) is 0 Å². The molecule has 0 aromatic carbocycles. The van der Waals surface area contributed by atoms with Crippen molar-refractivity contribution in [2.75, 3.05) is 13.6 Å². The lowest BCUT2D eigenvalue weighted by Gasteiger charge is -2.10. The summed E-state index contributed by atoms with van der Waals surface area (Å²) in [6, 6.07) is 0. The third-order valence-electron chi connectivity index (χ3n) is 3.38. The van der Waals surface area contributed by atoms with Gasteiger partial charge in [0.05, 0.1) is 17.2 Å². The summed E-state index contributed by atoms with van der Waals surface area (Å²) in [6.45, 7) is 3.63. The van der Waals surface area contributed by atoms with Crippen molar-refractivity contribution in [1.82, 2.24) is 25.0 Å². The van der Waals surface area contributed by atoms with Gasteiger partial charge in [0.25, 0.3) is 0 Å². The summed E-state index contributed by atoms with van der Waals surface area (Å²) in [4.78, 5) is 15.6. The molecule has 130 valence electrons. The molecular weight excluding hydrogens is 455 g/mol. The minimum absolute atomic E-state index is 0. The van der Waals surface area contributed by atoms with Gasteiger partial charge >= 0.3 is 0 Å². The third kappa shape index (κ3) is 4.90. The van der Waals surface area contributed by atoms with Crippen LogP contribution in [0.25, 0.3) is 4.96 Å². The van der Waals surface area contributed by atoms with Crippen molar-refractivity contribution >= 4 is 57.6 Å². The van der Waals surface area contributed by atoms with E-state index in [1.165, 1.54) is 9.88 Å². The molecule has 0 saturated carbocycles. The van der Waals surface area contributed by atoms with Gasteiger partial charge in [-0.25, -0.2) is 9.97 Å². The Morgan fingerprint density at radius 3 is 2.96 bits per heavy atom. The average molecular weight is 476 g/mol. The minimum atomic E-state index is 0. The Morgan fingerprint density at radius 2 is 2.25 bits per heavy atom. The molecule has 0 amide bonds. The maximum atomic E-state index is 4.55. The molecule has 2 N–H and O–H groups in total. The molecule has 24 heavy (non-hydrogen) atoms. The van der Waals surface area contributed by atoms with Crippen molar-refractivity contribution < 1.29 is 0 Å². The van der Waals surface area contributed by atoms with Crippen LogP contribution in [0.3, 0.4) is 0 Å². The van der Waals surface area contributed by atoms with E-state index in [9.17, 15) is 0 Å². The molecule has 0 spiro atoms. The second kappa shape index (κ2) is 9.33. The number of rotatable bonds is 6. The van der Waals surface area contributed by atoms with Crippen molar-refractivity contribution in [2.45, 2.75) is 26.3 Å². The van der Waals surface area contributed by atoms with Crippen molar-refractivity contribution in [3.8, 4) is 0 Å². The molecule has 0 aliphatic carbocycles. The maximum absolute atomic E-state index is 4.55. The first kappa shape index (κ1) is 19.1. The molecular formula is C15H21IN6S2. The second-order valence-electron chi connectivity index (χ2n) is 5.00. The molecule has 0 bridgehead atoms. The number of aryl methyl sites for hydroxylation is 1. The number of nitrogens with zero attached hydrogens (tertiary/aromatic N) is 4. The largest absolute Gasteiger partial charge is 0.356 e. The Balaban J connectivity index is 0.00000208. The normalized spacial score (nSPS) is 11.5. The topological polar surface area (TPSA) is 66.6 Å². The van der Waals surface area contributed by atoms with Gasteiger partial charge in [-0.1, -0.05) is 6.92 Å². The zero-order valence-corrected chi connectivity index (χ0v) is 17.6. The summed E-state index contributed by atoms with van der Waals surface area (Å²) in [5.41, 5.74) is 1.01. The number of hydrogen-bond acceptors (Lipinski definition) is 5. The van der Waals surface area contributed by atoms with E-state index in [2.05, 4.69) is 32.5 Å². The predicted molar refractivity (Wildman–Crippen MR) is 112 cm³/mol. The number of nitrogens with one attached hydrogen (secondary N) is 2. The Kier molecular flexibility index (Phi) is 7.43. The van der Waals surface area contributed by atoms with Crippen LogP contribution in [0, 0.1) is 0 Å². The molecule has 0 unspecified atom stereocenters. The van der Waals surface area contributed by atoms with Crippen molar-refractivity contribution in [2.24, 2.45) is 4.99 Å². The van der Waals surface area contributed by atoms with Crippen LogP contribution >= 0.6 is 46.7 Å². The number of aromatic nitrogens is 3. The quantitative estimate of drug-likeness (QED) is 0.326. The van der Waals surface area contributed by atoms with Crippen LogP contribution in [0.4, 0.5) is 0 Å². The predicted octanol–water partition coefficient (Wildman–Crippen LogP) is 2.94. The number of imidazole rings is 1. The second-order valence-corrected chi connectivity index (χ2v) is 7.07. The minimum Gasteiger partial charge on any atom is -0.356 e. The lowest BCUT2D eigenvalue weighted by atomic mass is 10.4. The fourth-order valence-electron chi connectivity index (χ4n) is 2.17. The van der Waals surface area contributed by atoms with Crippen LogP contribution in [0.15, 0.2) is 29.0 Å². The van der Waals surface area contributed by atoms with E-state index >= 15 is 0 Å². The highest BCUT2D eigenvalue weighted by Gasteiger charge is 2.05. The summed E-state index contributed by atoms with van der Waals surface area (Å²) in [5, 5.41) is 9.80. The van der Waals surface area contributed by atoms with E-state index < -0.39 is 0 Å². The van der Waals surface area contributed by atoms with Crippen LogP contribution in [-0.2, 0) is 19.4 Å². The first-order chi connectivity index (χ1) is 11.3. The fourth-order valence-corrected chi connectivity index (χ4v) is 3.75. The van der Waals surface area contributed by atoms with Gasteiger partial charge in [-0.15, -0.1) is 46.7 Å². The Labute approximate surface area is 166 Å². The van der Waals surface area contributed by atoms with Gasteiger partial charge in [0.15, 0.2) is 10.9 Å². The molecule has 6 nitrogen and oxygen atoms in total. The van der Waals surface area contributed by atoms with E-state index in [-0.39, 0.29) is 24.0 Å². The van der Waals surface area contributed by atoms with Gasteiger partial charge in [-0.05, 0) is 6.42 Å². The summed E-state index contributed by atoms with van der Waals surface area (Å²) in [7, 11) is 1.78. The van der Waals surface area contributed by atoms with E-state index in [1.54, 1.807) is 29.7 Å². The van der Waals surface area contributed by atoms with Gasteiger partial charge in [-0.2, -0.15) is 0 Å². The molecule has 3 rings (SSSR count). The Hall–Kier alpha value is -1.20. The molecule has 3 aromatic heterocycles. The Morgan fingerprint density at radius 1 is 1.38 bits per heavy atom. The Bertz CT molecular complexity index is 762. The number of hydrogen-bond donors (Lipinski definition) is 2. The van der Waals surface area contributed by atoms with Gasteiger partial charge in [0, 0.05) is 48.9 Å². The fraction of sp³-hybridized carbons (Fsp3) is 0.400. The van der Waals surface area contributed by atoms with E-state index in [0.717, 1.165) is 36.0 Å². The first-order valence-electron chi connectivity index (χ1n) is 7.57. The smallest absolute Gasteiger partial charge is 0.193 e. The van der Waals surface area contributed by atoms with Crippen LogP contribution in [-0.4, -0.2) is 33.9 Å². The highest BCUT2D eigenvalue weighted by atomic mass is 127. The average Bonchev–Trinajstić information content (AvgIpc) is 3.26. The molecule has 0 radical (unpaired) electrons. The van der Waals surface area contributed by atoms with E-state index in [1.807, 2.05) is 28.4 Å². The lowest BCUT2D eigenvalue weighted by molar-refractivity contribution is 0.784. The molecule has 0 aliphatic rings. The molecule has 9 heteroatoms.